The Balaban J connectivity index is 1.58. The molecule has 31 heavy (non-hydrogen) atoms. The van der Waals surface area contributed by atoms with Crippen LogP contribution in [0.3, 0.4) is 0 Å². The molecule has 0 aliphatic carbocycles. The van der Waals surface area contributed by atoms with E-state index >= 15 is 0 Å². The Bertz CT molecular complexity index is 1020. The molecule has 154 valence electrons. The van der Waals surface area contributed by atoms with Gasteiger partial charge in [0.05, 0.1) is 0 Å². The van der Waals surface area contributed by atoms with Crippen molar-refractivity contribution in [3.63, 3.8) is 0 Å². The normalized spacial score (nSPS) is 23.4. The molecule has 1 fully saturated rings. The summed E-state index contributed by atoms with van der Waals surface area (Å²) < 4.78 is 13.4. The Labute approximate surface area is 185 Å². The third-order valence-corrected chi connectivity index (χ3v) is 8.33. The van der Waals surface area contributed by atoms with Crippen molar-refractivity contribution in [2.45, 2.75) is 24.1 Å². The van der Waals surface area contributed by atoms with E-state index in [9.17, 15) is 0 Å². The van der Waals surface area contributed by atoms with E-state index in [0.717, 1.165) is 11.7 Å². The molecule has 0 saturated carbocycles. The number of ether oxygens (including phenoxy) is 2. The monoisotopic (exact) mass is 424 g/mol. The van der Waals surface area contributed by atoms with Crippen molar-refractivity contribution in [1.29, 1.82) is 0 Å². The zero-order chi connectivity index (χ0) is 20.9. The van der Waals surface area contributed by atoms with Gasteiger partial charge in [0.2, 0.25) is 0 Å². The van der Waals surface area contributed by atoms with Crippen molar-refractivity contribution in [2.75, 3.05) is 0 Å². The first-order valence-corrected chi connectivity index (χ1v) is 12.3. The van der Waals surface area contributed by atoms with Gasteiger partial charge in [-0.3, -0.25) is 0 Å². The van der Waals surface area contributed by atoms with E-state index in [0.29, 0.717) is 0 Å². The van der Waals surface area contributed by atoms with Gasteiger partial charge in [-0.15, -0.1) is 0 Å². The number of hydrogen-bond donors (Lipinski definition) is 0. The average molecular weight is 424 g/mol. The molecule has 2 atom stereocenters. The number of hydrogen-bond acceptors (Lipinski definition) is 2. The van der Waals surface area contributed by atoms with Gasteiger partial charge < -0.3 is 9.47 Å². The van der Waals surface area contributed by atoms with Crippen LogP contribution in [0.25, 0.3) is 0 Å². The summed E-state index contributed by atoms with van der Waals surface area (Å²) >= 11 is 0. The molecule has 0 aromatic heterocycles. The summed E-state index contributed by atoms with van der Waals surface area (Å²) in [6.07, 6.45) is 0.544. The Kier molecular flexibility index (Phi) is 6.22. The van der Waals surface area contributed by atoms with E-state index in [1.54, 1.807) is 0 Å². The van der Waals surface area contributed by atoms with E-state index in [2.05, 4.69) is 103 Å². The van der Waals surface area contributed by atoms with E-state index in [4.69, 9.17) is 9.47 Å². The fraction of sp³-hybridized carbons (Fsp3) is 0.143. The van der Waals surface area contributed by atoms with Crippen molar-refractivity contribution >= 4 is 7.92 Å². The van der Waals surface area contributed by atoms with Gasteiger partial charge in [0.1, 0.15) is 11.7 Å². The summed E-state index contributed by atoms with van der Waals surface area (Å²) in [5, 5.41) is 0. The van der Waals surface area contributed by atoms with Crippen molar-refractivity contribution in [2.24, 2.45) is 0 Å². The Hall–Kier alpha value is -2.77. The summed E-state index contributed by atoms with van der Waals surface area (Å²) in [5.41, 5.74) is 4.81. The van der Waals surface area contributed by atoms with Gasteiger partial charge in [-0.05, 0) is 30.8 Å². The summed E-state index contributed by atoms with van der Waals surface area (Å²) in [4.78, 5) is 0. The number of rotatable bonds is 5. The van der Waals surface area contributed by atoms with E-state index in [1.807, 2.05) is 18.2 Å². The van der Waals surface area contributed by atoms with Gasteiger partial charge in [0.25, 0.3) is 0 Å². The minimum atomic E-state index is -0.689. The summed E-state index contributed by atoms with van der Waals surface area (Å²) in [7, 11) is -0.689. The third-order valence-electron chi connectivity index (χ3n) is 5.56. The lowest BCUT2D eigenvalue weighted by Gasteiger charge is -2.43. The average Bonchev–Trinajstić information content (AvgIpc) is 2.86. The maximum Gasteiger partial charge on any atom is 0.186 e. The molecule has 4 aromatic rings. The molecule has 1 aliphatic rings. The maximum absolute atomic E-state index is 6.70. The van der Waals surface area contributed by atoms with Crippen LogP contribution in [0.15, 0.2) is 121 Å². The zero-order valence-corrected chi connectivity index (χ0v) is 18.1. The van der Waals surface area contributed by atoms with Crippen LogP contribution in [0.2, 0.25) is 0 Å². The molecule has 0 bridgehead atoms. The zero-order valence-electron chi connectivity index (χ0n) is 17.2. The fourth-order valence-corrected chi connectivity index (χ4v) is 6.90. The van der Waals surface area contributed by atoms with Crippen LogP contribution in [-0.4, -0.2) is 0 Å². The van der Waals surface area contributed by atoms with Crippen molar-refractivity contribution < 1.29 is 9.47 Å². The quantitative estimate of drug-likeness (QED) is 0.304. The lowest BCUT2D eigenvalue weighted by molar-refractivity contribution is -0.186. The second kappa shape index (κ2) is 9.58. The Morgan fingerprint density at radius 2 is 0.871 bits per heavy atom. The molecule has 2 nitrogen and oxygen atoms in total. The second-order valence-electron chi connectivity index (χ2n) is 7.70. The summed E-state index contributed by atoms with van der Waals surface area (Å²) in [6.45, 7) is 0. The molecule has 0 spiro atoms. The molecule has 1 heterocycles. The van der Waals surface area contributed by atoms with Crippen LogP contribution < -0.4 is 0 Å². The Morgan fingerprint density at radius 3 is 1.32 bits per heavy atom. The summed E-state index contributed by atoms with van der Waals surface area (Å²) in [6, 6.07) is 42.2. The van der Waals surface area contributed by atoms with Crippen LogP contribution in [0.1, 0.15) is 40.2 Å². The third kappa shape index (κ3) is 4.62. The molecule has 3 heteroatoms. The van der Waals surface area contributed by atoms with Gasteiger partial charge in [0, 0.05) is 5.56 Å². The number of benzene rings is 4. The van der Waals surface area contributed by atoms with E-state index < -0.39 is 14.2 Å². The van der Waals surface area contributed by atoms with Gasteiger partial charge in [-0.1, -0.05) is 121 Å². The smallest absolute Gasteiger partial charge is 0.186 e. The first-order chi connectivity index (χ1) is 15.4. The standard InChI is InChI=1S/C28H25O2P/c1-5-13-22(14-6-1)21-31-27(24-17-9-3-10-18-24)29-26(23-15-7-2-8-16-23)30-28(31)25-19-11-4-12-20-25/h1-20,26-28H,21H2. The molecule has 0 radical (unpaired) electrons. The molecule has 2 unspecified atom stereocenters. The van der Waals surface area contributed by atoms with Crippen LogP contribution in [-0.2, 0) is 15.6 Å². The van der Waals surface area contributed by atoms with Gasteiger partial charge in [0.15, 0.2) is 6.29 Å². The largest absolute Gasteiger partial charge is 0.336 e. The SMILES string of the molecule is c1ccc(CP2C(c3ccccc3)OC(c3ccccc3)OC2c2ccccc2)cc1. The summed E-state index contributed by atoms with van der Waals surface area (Å²) in [5.74, 6) is -0.0267. The van der Waals surface area contributed by atoms with Crippen molar-refractivity contribution in [3.8, 4) is 0 Å². The first kappa shape index (κ1) is 20.2. The van der Waals surface area contributed by atoms with Crippen molar-refractivity contribution in [1.82, 2.24) is 0 Å². The van der Waals surface area contributed by atoms with Gasteiger partial charge in [-0.25, -0.2) is 0 Å². The molecule has 1 saturated heterocycles. The van der Waals surface area contributed by atoms with Crippen molar-refractivity contribution in [3.05, 3.63) is 144 Å². The van der Waals surface area contributed by atoms with Crippen LogP contribution in [0, 0.1) is 0 Å². The van der Waals surface area contributed by atoms with Gasteiger partial charge >= 0.3 is 0 Å². The first-order valence-electron chi connectivity index (χ1n) is 10.6. The van der Waals surface area contributed by atoms with Crippen LogP contribution >= 0.6 is 7.92 Å². The van der Waals surface area contributed by atoms with Crippen LogP contribution in [0.4, 0.5) is 0 Å². The van der Waals surface area contributed by atoms with Crippen LogP contribution in [0.5, 0.6) is 0 Å². The molecule has 5 rings (SSSR count). The minimum Gasteiger partial charge on any atom is -0.336 e. The molecular formula is C28H25O2P. The highest BCUT2D eigenvalue weighted by Crippen LogP contribution is 2.69. The lowest BCUT2D eigenvalue weighted by Crippen LogP contribution is -2.23. The topological polar surface area (TPSA) is 18.5 Å². The molecule has 4 aromatic carbocycles. The predicted octanol–water partition coefficient (Wildman–Crippen LogP) is 7.81. The molecule has 0 N–H and O–H groups in total. The Morgan fingerprint density at radius 1 is 0.484 bits per heavy atom. The minimum absolute atomic E-state index is 0.0134. The predicted molar refractivity (Wildman–Crippen MR) is 127 cm³/mol. The maximum atomic E-state index is 6.70. The second-order valence-corrected chi connectivity index (χ2v) is 9.98. The molecular weight excluding hydrogens is 399 g/mol. The molecule has 1 aliphatic heterocycles. The van der Waals surface area contributed by atoms with Gasteiger partial charge in [-0.2, -0.15) is 0 Å². The molecule has 0 amide bonds. The highest BCUT2D eigenvalue weighted by molar-refractivity contribution is 7.57. The highest BCUT2D eigenvalue weighted by Gasteiger charge is 2.41. The fourth-order valence-electron chi connectivity index (χ4n) is 4.05. The van der Waals surface area contributed by atoms with E-state index in [-0.39, 0.29) is 11.7 Å². The highest BCUT2D eigenvalue weighted by atomic mass is 31.1. The van der Waals surface area contributed by atoms with E-state index in [1.165, 1.54) is 16.7 Å². The lowest BCUT2D eigenvalue weighted by atomic mass is 10.2.